The fraction of sp³-hybridized carbons (Fsp3) is 1.00. The van der Waals surface area contributed by atoms with Crippen molar-refractivity contribution < 1.29 is 9.47 Å². The summed E-state index contributed by atoms with van der Waals surface area (Å²) in [5.74, 6) is 0. The number of morpholine rings is 1. The highest BCUT2D eigenvalue weighted by molar-refractivity contribution is 4.69. The zero-order valence-corrected chi connectivity index (χ0v) is 10.0. The van der Waals surface area contributed by atoms with E-state index in [1.165, 1.54) is 12.8 Å². The SMILES string of the molecule is C1COC(CCNCCC2CNCCO2)C1. The molecule has 0 aromatic rings. The van der Waals surface area contributed by atoms with E-state index in [2.05, 4.69) is 10.6 Å². The average molecular weight is 228 g/mol. The first-order chi connectivity index (χ1) is 7.95. The van der Waals surface area contributed by atoms with Crippen molar-refractivity contribution in [3.8, 4) is 0 Å². The first-order valence-corrected chi connectivity index (χ1v) is 6.60. The van der Waals surface area contributed by atoms with E-state index < -0.39 is 0 Å². The fourth-order valence-electron chi connectivity index (χ4n) is 2.33. The molecule has 0 aromatic carbocycles. The van der Waals surface area contributed by atoms with Gasteiger partial charge in [-0.1, -0.05) is 0 Å². The Kier molecular flexibility index (Phi) is 5.55. The third-order valence-electron chi connectivity index (χ3n) is 3.31. The molecule has 4 nitrogen and oxygen atoms in total. The Morgan fingerprint density at radius 3 is 2.56 bits per heavy atom. The Morgan fingerprint density at radius 1 is 1.06 bits per heavy atom. The topological polar surface area (TPSA) is 42.5 Å². The second-order valence-corrected chi connectivity index (χ2v) is 4.66. The molecule has 0 saturated carbocycles. The maximum Gasteiger partial charge on any atom is 0.0712 e. The summed E-state index contributed by atoms with van der Waals surface area (Å²) in [6.45, 7) is 5.97. The van der Waals surface area contributed by atoms with Crippen LogP contribution in [0.5, 0.6) is 0 Å². The molecule has 2 saturated heterocycles. The molecule has 2 fully saturated rings. The largest absolute Gasteiger partial charge is 0.378 e. The molecule has 2 aliphatic heterocycles. The second-order valence-electron chi connectivity index (χ2n) is 4.66. The lowest BCUT2D eigenvalue weighted by Gasteiger charge is -2.23. The molecule has 2 N–H and O–H groups in total. The van der Waals surface area contributed by atoms with Crippen molar-refractivity contribution in [3.05, 3.63) is 0 Å². The van der Waals surface area contributed by atoms with Crippen molar-refractivity contribution in [1.29, 1.82) is 0 Å². The van der Waals surface area contributed by atoms with E-state index in [4.69, 9.17) is 9.47 Å². The van der Waals surface area contributed by atoms with Gasteiger partial charge >= 0.3 is 0 Å². The van der Waals surface area contributed by atoms with Gasteiger partial charge < -0.3 is 20.1 Å². The van der Waals surface area contributed by atoms with E-state index in [0.29, 0.717) is 12.2 Å². The third-order valence-corrected chi connectivity index (χ3v) is 3.31. The van der Waals surface area contributed by atoms with Gasteiger partial charge in [0.25, 0.3) is 0 Å². The molecule has 2 atom stereocenters. The van der Waals surface area contributed by atoms with E-state index >= 15 is 0 Å². The van der Waals surface area contributed by atoms with Crippen LogP contribution < -0.4 is 10.6 Å². The van der Waals surface area contributed by atoms with Crippen molar-refractivity contribution >= 4 is 0 Å². The van der Waals surface area contributed by atoms with Crippen LogP contribution in [-0.2, 0) is 9.47 Å². The van der Waals surface area contributed by atoms with Gasteiger partial charge in [-0.2, -0.15) is 0 Å². The molecule has 4 heteroatoms. The van der Waals surface area contributed by atoms with Gasteiger partial charge in [-0.05, 0) is 38.8 Å². The Bertz CT molecular complexity index is 178. The highest BCUT2D eigenvalue weighted by atomic mass is 16.5. The van der Waals surface area contributed by atoms with Crippen LogP contribution in [-0.4, -0.2) is 51.6 Å². The summed E-state index contributed by atoms with van der Waals surface area (Å²) in [4.78, 5) is 0. The molecule has 16 heavy (non-hydrogen) atoms. The van der Waals surface area contributed by atoms with Crippen molar-refractivity contribution in [3.63, 3.8) is 0 Å². The van der Waals surface area contributed by atoms with Crippen LogP contribution in [0.1, 0.15) is 25.7 Å². The summed E-state index contributed by atoms with van der Waals surface area (Å²) in [5, 5.41) is 6.82. The van der Waals surface area contributed by atoms with Gasteiger partial charge in [-0.25, -0.2) is 0 Å². The molecule has 2 unspecified atom stereocenters. The molecule has 2 heterocycles. The molecule has 0 bridgehead atoms. The molecule has 0 amide bonds. The van der Waals surface area contributed by atoms with Crippen LogP contribution in [0.4, 0.5) is 0 Å². The van der Waals surface area contributed by atoms with Crippen LogP contribution >= 0.6 is 0 Å². The maximum absolute atomic E-state index is 5.63. The molecule has 0 spiro atoms. The minimum absolute atomic E-state index is 0.406. The lowest BCUT2D eigenvalue weighted by Crippen LogP contribution is -2.40. The Hall–Kier alpha value is -0.160. The second kappa shape index (κ2) is 7.22. The van der Waals surface area contributed by atoms with Gasteiger partial charge in [0, 0.05) is 19.7 Å². The Balaban J connectivity index is 1.42. The van der Waals surface area contributed by atoms with E-state index in [1.54, 1.807) is 0 Å². The Labute approximate surface area is 98.1 Å². The van der Waals surface area contributed by atoms with Gasteiger partial charge in [0.2, 0.25) is 0 Å². The summed E-state index contributed by atoms with van der Waals surface area (Å²) in [7, 11) is 0. The summed E-state index contributed by atoms with van der Waals surface area (Å²) in [5.41, 5.74) is 0. The minimum Gasteiger partial charge on any atom is -0.378 e. The average Bonchev–Trinajstić information content (AvgIpc) is 2.83. The number of nitrogens with one attached hydrogen (secondary N) is 2. The fourth-order valence-corrected chi connectivity index (χ4v) is 2.33. The van der Waals surface area contributed by atoms with E-state index in [1.807, 2.05) is 0 Å². The number of ether oxygens (including phenoxy) is 2. The summed E-state index contributed by atoms with van der Waals surface area (Å²) >= 11 is 0. The molecular formula is C12H24N2O2. The standard InChI is InChI=1S/C12H24N2O2/c1-2-11(15-8-1)3-5-13-6-4-12-10-14-7-9-16-12/h11-14H,1-10H2. The quantitative estimate of drug-likeness (QED) is 0.651. The van der Waals surface area contributed by atoms with E-state index in [9.17, 15) is 0 Å². The first kappa shape index (κ1) is 12.3. The van der Waals surface area contributed by atoms with E-state index in [-0.39, 0.29) is 0 Å². The first-order valence-electron chi connectivity index (χ1n) is 6.60. The lowest BCUT2D eigenvalue weighted by molar-refractivity contribution is 0.0237. The van der Waals surface area contributed by atoms with Gasteiger partial charge in [0.05, 0.1) is 18.8 Å². The normalized spacial score (nSPS) is 30.8. The van der Waals surface area contributed by atoms with Crippen LogP contribution in [0.25, 0.3) is 0 Å². The Morgan fingerprint density at radius 2 is 1.88 bits per heavy atom. The monoisotopic (exact) mass is 228 g/mol. The highest BCUT2D eigenvalue weighted by Crippen LogP contribution is 2.14. The maximum atomic E-state index is 5.63. The van der Waals surface area contributed by atoms with Crippen molar-refractivity contribution in [2.24, 2.45) is 0 Å². The smallest absolute Gasteiger partial charge is 0.0712 e. The zero-order valence-electron chi connectivity index (χ0n) is 10.0. The summed E-state index contributed by atoms with van der Waals surface area (Å²) < 4.78 is 11.2. The molecule has 2 aliphatic rings. The van der Waals surface area contributed by atoms with Crippen LogP contribution in [0, 0.1) is 0 Å². The van der Waals surface area contributed by atoms with Crippen molar-refractivity contribution in [2.75, 3.05) is 39.4 Å². The number of hydrogen-bond acceptors (Lipinski definition) is 4. The lowest BCUT2D eigenvalue weighted by atomic mass is 10.2. The molecule has 94 valence electrons. The van der Waals surface area contributed by atoms with Crippen molar-refractivity contribution in [2.45, 2.75) is 37.9 Å². The zero-order chi connectivity index (χ0) is 11.1. The van der Waals surface area contributed by atoms with Crippen molar-refractivity contribution in [1.82, 2.24) is 10.6 Å². The van der Waals surface area contributed by atoms with Crippen LogP contribution in [0.3, 0.4) is 0 Å². The molecule has 0 radical (unpaired) electrons. The van der Waals surface area contributed by atoms with E-state index in [0.717, 1.165) is 52.2 Å². The van der Waals surface area contributed by atoms with Crippen LogP contribution in [0.15, 0.2) is 0 Å². The number of rotatable bonds is 6. The minimum atomic E-state index is 0.406. The summed E-state index contributed by atoms with van der Waals surface area (Å²) in [6, 6.07) is 0. The van der Waals surface area contributed by atoms with Crippen LogP contribution in [0.2, 0.25) is 0 Å². The molecule has 0 aromatic heterocycles. The highest BCUT2D eigenvalue weighted by Gasteiger charge is 2.15. The molecule has 0 aliphatic carbocycles. The van der Waals surface area contributed by atoms with Gasteiger partial charge in [-0.15, -0.1) is 0 Å². The predicted molar refractivity (Wildman–Crippen MR) is 63.7 cm³/mol. The van der Waals surface area contributed by atoms with Gasteiger partial charge in [0.15, 0.2) is 0 Å². The number of hydrogen-bond donors (Lipinski definition) is 2. The third kappa shape index (κ3) is 4.37. The molecule has 2 rings (SSSR count). The van der Waals surface area contributed by atoms with Gasteiger partial charge in [-0.3, -0.25) is 0 Å². The predicted octanol–water partition coefficient (Wildman–Crippen LogP) is 0.524. The van der Waals surface area contributed by atoms with Gasteiger partial charge in [0.1, 0.15) is 0 Å². The molecular weight excluding hydrogens is 204 g/mol. The summed E-state index contributed by atoms with van der Waals surface area (Å²) in [6.07, 6.45) is 5.68.